The summed E-state index contributed by atoms with van der Waals surface area (Å²) in [5, 5.41) is 3.71. The fourth-order valence-electron chi connectivity index (χ4n) is 3.74. The van der Waals surface area contributed by atoms with Crippen LogP contribution in [0.1, 0.15) is 17.7 Å². The second-order valence-corrected chi connectivity index (χ2v) is 10.1. The van der Waals surface area contributed by atoms with Crippen LogP contribution in [0.4, 0.5) is 5.69 Å². The first-order valence-electron chi connectivity index (χ1n) is 10.8. The number of fused-ring (bicyclic) bond motifs is 2. The van der Waals surface area contributed by atoms with Gasteiger partial charge in [0, 0.05) is 17.9 Å². The highest BCUT2D eigenvalue weighted by Gasteiger charge is 2.25. The monoisotopic (exact) mass is 474 g/mol. The highest BCUT2D eigenvalue weighted by molar-refractivity contribution is 7.91. The van der Waals surface area contributed by atoms with Gasteiger partial charge in [-0.15, -0.1) is 0 Å². The summed E-state index contributed by atoms with van der Waals surface area (Å²) < 4.78 is 36.8. The molecule has 8 heteroatoms. The molecule has 1 aliphatic heterocycles. The van der Waals surface area contributed by atoms with Crippen LogP contribution in [-0.4, -0.2) is 25.1 Å². The number of hydrogen-bond acceptors (Lipinski definition) is 6. The molecule has 172 valence electrons. The van der Waals surface area contributed by atoms with Crippen LogP contribution in [-0.2, 0) is 27.8 Å². The van der Waals surface area contributed by atoms with E-state index in [1.165, 1.54) is 6.07 Å². The molecule has 5 rings (SSSR count). The minimum atomic E-state index is -3.56. The van der Waals surface area contributed by atoms with Gasteiger partial charge in [-0.3, -0.25) is 4.79 Å². The van der Waals surface area contributed by atoms with Gasteiger partial charge in [-0.25, -0.2) is 13.4 Å². The number of carbonyl (C=O) groups is 1. The maximum atomic E-state index is 12.5. The Labute approximate surface area is 197 Å². The Bertz CT molecular complexity index is 1480. The van der Waals surface area contributed by atoms with Crippen molar-refractivity contribution in [3.05, 3.63) is 90.1 Å². The van der Waals surface area contributed by atoms with Crippen molar-refractivity contribution in [2.24, 2.45) is 0 Å². The van der Waals surface area contributed by atoms with Gasteiger partial charge in [0.2, 0.25) is 5.91 Å². The van der Waals surface area contributed by atoms with Crippen LogP contribution >= 0.6 is 0 Å². The van der Waals surface area contributed by atoms with Crippen LogP contribution in [0.15, 0.2) is 83.8 Å². The molecule has 1 amide bonds. The molecular formula is C26H22N2O5S. The van der Waals surface area contributed by atoms with Crippen molar-refractivity contribution in [2.75, 3.05) is 11.1 Å². The molecular weight excluding hydrogens is 452 g/mol. The number of aromatic nitrogens is 1. The molecule has 7 nitrogen and oxygen atoms in total. The van der Waals surface area contributed by atoms with Gasteiger partial charge < -0.3 is 14.8 Å². The second-order valence-electron chi connectivity index (χ2n) is 8.00. The van der Waals surface area contributed by atoms with Gasteiger partial charge in [0.05, 0.1) is 27.5 Å². The maximum absolute atomic E-state index is 12.5. The van der Waals surface area contributed by atoms with E-state index in [4.69, 9.17) is 9.47 Å². The van der Waals surface area contributed by atoms with Gasteiger partial charge in [-0.2, -0.15) is 0 Å². The molecule has 1 N–H and O–H groups in total. The lowest BCUT2D eigenvalue weighted by molar-refractivity contribution is -0.115. The molecule has 0 fully saturated rings. The summed E-state index contributed by atoms with van der Waals surface area (Å²) in [7, 11) is -3.56. The van der Waals surface area contributed by atoms with E-state index >= 15 is 0 Å². The van der Waals surface area contributed by atoms with E-state index in [2.05, 4.69) is 10.3 Å². The molecule has 3 aromatic carbocycles. The Balaban J connectivity index is 1.25. The summed E-state index contributed by atoms with van der Waals surface area (Å²) in [4.78, 5) is 16.4. The highest BCUT2D eigenvalue weighted by atomic mass is 32.2. The van der Waals surface area contributed by atoms with Crippen molar-refractivity contribution >= 4 is 32.3 Å². The molecule has 2 heterocycles. The molecule has 0 atom stereocenters. The molecule has 1 aliphatic rings. The van der Waals surface area contributed by atoms with Gasteiger partial charge in [0.25, 0.3) is 0 Å². The average Bonchev–Trinajstić information content (AvgIpc) is 2.96. The topological polar surface area (TPSA) is 94.6 Å². The van der Waals surface area contributed by atoms with Crippen LogP contribution in [0.25, 0.3) is 10.9 Å². The third-order valence-electron chi connectivity index (χ3n) is 5.51. The molecule has 0 radical (unpaired) electrons. The fourth-order valence-corrected chi connectivity index (χ4v) is 5.16. The van der Waals surface area contributed by atoms with Gasteiger partial charge >= 0.3 is 0 Å². The van der Waals surface area contributed by atoms with E-state index in [9.17, 15) is 13.2 Å². The Morgan fingerprint density at radius 2 is 1.68 bits per heavy atom. The van der Waals surface area contributed by atoms with Crippen LogP contribution < -0.4 is 14.8 Å². The van der Waals surface area contributed by atoms with Gasteiger partial charge in [-0.1, -0.05) is 36.4 Å². The highest BCUT2D eigenvalue weighted by Crippen LogP contribution is 2.30. The van der Waals surface area contributed by atoms with Gasteiger partial charge in [-0.05, 0) is 42.0 Å². The first kappa shape index (κ1) is 21.9. The van der Waals surface area contributed by atoms with Crippen molar-refractivity contribution in [2.45, 2.75) is 24.5 Å². The lowest BCUT2D eigenvalue weighted by atomic mass is 10.2. The predicted molar refractivity (Wildman–Crippen MR) is 129 cm³/mol. The first-order chi connectivity index (χ1) is 16.5. The predicted octanol–water partition coefficient (Wildman–Crippen LogP) is 4.51. The van der Waals surface area contributed by atoms with Crippen molar-refractivity contribution in [3.8, 4) is 11.5 Å². The number of ether oxygens (including phenoxy) is 2. The van der Waals surface area contributed by atoms with Crippen molar-refractivity contribution in [1.29, 1.82) is 0 Å². The van der Waals surface area contributed by atoms with Crippen molar-refractivity contribution in [3.63, 3.8) is 0 Å². The third-order valence-corrected chi connectivity index (χ3v) is 7.26. The average molecular weight is 475 g/mol. The van der Waals surface area contributed by atoms with Crippen LogP contribution in [0, 0.1) is 0 Å². The van der Waals surface area contributed by atoms with E-state index in [0.29, 0.717) is 18.1 Å². The van der Waals surface area contributed by atoms with E-state index in [1.807, 2.05) is 60.7 Å². The number of benzene rings is 3. The number of anilines is 1. The number of amides is 1. The number of hydrogen-bond donors (Lipinski definition) is 1. The van der Waals surface area contributed by atoms with Crippen molar-refractivity contribution < 1.29 is 22.7 Å². The Morgan fingerprint density at radius 1 is 0.853 bits per heavy atom. The van der Waals surface area contributed by atoms with E-state index < -0.39 is 9.84 Å². The maximum Gasteiger partial charge on any atom is 0.225 e. The van der Waals surface area contributed by atoms with E-state index in [1.54, 1.807) is 12.1 Å². The van der Waals surface area contributed by atoms with E-state index in [-0.39, 0.29) is 35.3 Å². The smallest absolute Gasteiger partial charge is 0.225 e. The molecule has 34 heavy (non-hydrogen) atoms. The summed E-state index contributed by atoms with van der Waals surface area (Å²) in [6, 6.07) is 24.1. The summed E-state index contributed by atoms with van der Waals surface area (Å²) in [6.45, 7) is 0.570. The Kier molecular flexibility index (Phi) is 5.90. The minimum absolute atomic E-state index is 0.0608. The zero-order chi connectivity index (χ0) is 23.5. The Morgan fingerprint density at radius 3 is 2.59 bits per heavy atom. The van der Waals surface area contributed by atoms with Crippen LogP contribution in [0.5, 0.6) is 11.5 Å². The van der Waals surface area contributed by atoms with Crippen LogP contribution in [0.3, 0.4) is 0 Å². The molecule has 0 saturated heterocycles. The molecule has 0 unspecified atom stereocenters. The lowest BCUT2D eigenvalue weighted by Crippen LogP contribution is -2.10. The first-order valence-corrected chi connectivity index (χ1v) is 12.5. The number of para-hydroxylation sites is 1. The quantitative estimate of drug-likeness (QED) is 0.442. The lowest BCUT2D eigenvalue weighted by Gasteiger charge is -2.12. The SMILES string of the molecule is O=C1CCS(=O)(=O)c2cc(OCc3cccc(OCc4ccc5ccccc5n4)c3)ccc2N1. The second kappa shape index (κ2) is 9.15. The molecule has 1 aromatic heterocycles. The molecule has 0 spiro atoms. The van der Waals surface area contributed by atoms with Crippen LogP contribution in [0.2, 0.25) is 0 Å². The largest absolute Gasteiger partial charge is 0.489 e. The fraction of sp³-hybridized carbons (Fsp3) is 0.154. The number of pyridine rings is 1. The van der Waals surface area contributed by atoms with Gasteiger partial charge in [0.1, 0.15) is 24.7 Å². The molecule has 0 aliphatic carbocycles. The summed E-state index contributed by atoms with van der Waals surface area (Å²) in [5.41, 5.74) is 2.91. The number of carbonyl (C=O) groups excluding carboxylic acids is 1. The normalized spacial score (nSPS) is 14.6. The Hall–Kier alpha value is -3.91. The molecule has 0 saturated carbocycles. The third kappa shape index (κ3) is 4.87. The van der Waals surface area contributed by atoms with Gasteiger partial charge in [0.15, 0.2) is 9.84 Å². The minimum Gasteiger partial charge on any atom is -0.489 e. The number of nitrogens with one attached hydrogen (secondary N) is 1. The van der Waals surface area contributed by atoms with Crippen molar-refractivity contribution in [1.82, 2.24) is 4.98 Å². The number of nitrogens with zero attached hydrogens (tertiary/aromatic N) is 1. The number of sulfone groups is 1. The summed E-state index contributed by atoms with van der Waals surface area (Å²) in [6.07, 6.45) is -0.0608. The van der Waals surface area contributed by atoms with E-state index in [0.717, 1.165) is 22.2 Å². The zero-order valence-electron chi connectivity index (χ0n) is 18.2. The summed E-state index contributed by atoms with van der Waals surface area (Å²) in [5.74, 6) is 0.556. The molecule has 4 aromatic rings. The zero-order valence-corrected chi connectivity index (χ0v) is 19.0. The molecule has 0 bridgehead atoms. The standard InChI is InChI=1S/C26H22N2O5S/c29-26-12-13-34(30,31)25-15-22(10-11-24(25)28-26)32-16-18-4-3-6-21(14-18)33-17-20-9-8-19-5-1-2-7-23(19)27-20/h1-11,14-15H,12-13,16-17H2,(H,28,29). The number of rotatable bonds is 6. The summed E-state index contributed by atoms with van der Waals surface area (Å²) >= 11 is 0.